The summed E-state index contributed by atoms with van der Waals surface area (Å²) >= 11 is 0. The Morgan fingerprint density at radius 2 is 2.33 bits per heavy atom. The van der Waals surface area contributed by atoms with Gasteiger partial charge in [-0.1, -0.05) is 13.0 Å². The van der Waals surface area contributed by atoms with E-state index in [0.717, 1.165) is 31.6 Å². The van der Waals surface area contributed by atoms with Crippen molar-refractivity contribution in [3.05, 3.63) is 30.1 Å². The van der Waals surface area contributed by atoms with E-state index in [9.17, 15) is 0 Å². The molecular weight excluding hydrogens is 188 g/mol. The Balaban J connectivity index is 2.12. The Morgan fingerprint density at radius 1 is 1.47 bits per heavy atom. The van der Waals surface area contributed by atoms with Gasteiger partial charge in [-0.3, -0.25) is 4.98 Å². The highest BCUT2D eigenvalue weighted by Gasteiger charge is 2.02. The number of nitrogens with zero attached hydrogens (tertiary/aromatic N) is 1. The normalized spacial score (nSPS) is 12.7. The SMILES string of the molecule is CCC(CO)CNCCc1ccccn1. The van der Waals surface area contributed by atoms with Crippen molar-refractivity contribution in [2.24, 2.45) is 5.92 Å². The molecular formula is C12H20N2O. The lowest BCUT2D eigenvalue weighted by Gasteiger charge is -2.12. The second kappa shape index (κ2) is 7.37. The first kappa shape index (κ1) is 12.1. The minimum Gasteiger partial charge on any atom is -0.396 e. The summed E-state index contributed by atoms with van der Waals surface area (Å²) in [4.78, 5) is 4.25. The molecule has 0 aliphatic heterocycles. The first-order valence-electron chi connectivity index (χ1n) is 5.58. The zero-order valence-electron chi connectivity index (χ0n) is 9.32. The van der Waals surface area contributed by atoms with Gasteiger partial charge in [-0.2, -0.15) is 0 Å². The number of aromatic nitrogens is 1. The average molecular weight is 208 g/mol. The van der Waals surface area contributed by atoms with Crippen LogP contribution in [-0.4, -0.2) is 29.8 Å². The molecule has 0 amide bonds. The second-order valence-corrected chi connectivity index (χ2v) is 3.73. The molecule has 1 heterocycles. The van der Waals surface area contributed by atoms with Crippen molar-refractivity contribution in [1.29, 1.82) is 0 Å². The highest BCUT2D eigenvalue weighted by atomic mass is 16.3. The molecule has 0 fully saturated rings. The molecule has 0 saturated carbocycles. The highest BCUT2D eigenvalue weighted by molar-refractivity contribution is 5.03. The Hall–Kier alpha value is -0.930. The van der Waals surface area contributed by atoms with Crippen LogP contribution in [0.4, 0.5) is 0 Å². The van der Waals surface area contributed by atoms with Crippen LogP contribution in [0.1, 0.15) is 19.0 Å². The van der Waals surface area contributed by atoms with Gasteiger partial charge in [0.1, 0.15) is 0 Å². The third kappa shape index (κ3) is 4.91. The molecule has 0 radical (unpaired) electrons. The Morgan fingerprint density at radius 3 is 2.93 bits per heavy atom. The molecule has 3 heteroatoms. The molecule has 0 aliphatic carbocycles. The number of rotatable bonds is 7. The quantitative estimate of drug-likeness (QED) is 0.662. The summed E-state index contributed by atoms with van der Waals surface area (Å²) in [5.41, 5.74) is 1.11. The van der Waals surface area contributed by atoms with Crippen molar-refractivity contribution in [3.8, 4) is 0 Å². The van der Waals surface area contributed by atoms with E-state index in [-0.39, 0.29) is 6.61 Å². The van der Waals surface area contributed by atoms with Crippen molar-refractivity contribution in [2.45, 2.75) is 19.8 Å². The van der Waals surface area contributed by atoms with E-state index in [1.54, 1.807) is 0 Å². The number of hydrogen-bond donors (Lipinski definition) is 2. The summed E-state index contributed by atoms with van der Waals surface area (Å²) < 4.78 is 0. The van der Waals surface area contributed by atoms with Gasteiger partial charge in [0.2, 0.25) is 0 Å². The molecule has 15 heavy (non-hydrogen) atoms. The fraction of sp³-hybridized carbons (Fsp3) is 0.583. The lowest BCUT2D eigenvalue weighted by atomic mass is 10.1. The van der Waals surface area contributed by atoms with Crippen LogP contribution >= 0.6 is 0 Å². The molecule has 2 N–H and O–H groups in total. The summed E-state index contributed by atoms with van der Waals surface area (Å²) in [6.45, 7) is 4.18. The number of hydrogen-bond acceptors (Lipinski definition) is 3. The summed E-state index contributed by atoms with van der Waals surface area (Å²) in [7, 11) is 0. The van der Waals surface area contributed by atoms with E-state index >= 15 is 0 Å². The highest BCUT2D eigenvalue weighted by Crippen LogP contribution is 1.98. The molecule has 84 valence electrons. The Bertz CT molecular complexity index is 247. The number of aliphatic hydroxyl groups is 1. The minimum atomic E-state index is 0.271. The van der Waals surface area contributed by atoms with Crippen LogP contribution in [-0.2, 0) is 6.42 Å². The van der Waals surface area contributed by atoms with Gasteiger partial charge in [0, 0.05) is 38.0 Å². The minimum absolute atomic E-state index is 0.271. The van der Waals surface area contributed by atoms with Crippen LogP contribution < -0.4 is 5.32 Å². The lowest BCUT2D eigenvalue weighted by molar-refractivity contribution is 0.219. The van der Waals surface area contributed by atoms with Gasteiger partial charge in [0.25, 0.3) is 0 Å². The molecule has 0 saturated heterocycles. The Kier molecular flexibility index (Phi) is 5.97. The standard InChI is InChI=1S/C12H20N2O/c1-2-11(10-15)9-13-8-6-12-5-3-4-7-14-12/h3-5,7,11,13,15H,2,6,8-10H2,1H3. The van der Waals surface area contributed by atoms with Gasteiger partial charge >= 0.3 is 0 Å². The third-order valence-corrected chi connectivity index (χ3v) is 2.55. The molecule has 1 aromatic rings. The molecule has 0 spiro atoms. The monoisotopic (exact) mass is 208 g/mol. The first-order chi connectivity index (χ1) is 7.36. The molecule has 1 unspecified atom stereocenters. The molecule has 0 bridgehead atoms. The van der Waals surface area contributed by atoms with Crippen LogP contribution in [0.3, 0.4) is 0 Å². The van der Waals surface area contributed by atoms with E-state index in [1.807, 2.05) is 24.4 Å². The molecule has 0 aromatic carbocycles. The molecule has 0 aliphatic rings. The zero-order valence-corrected chi connectivity index (χ0v) is 9.32. The second-order valence-electron chi connectivity index (χ2n) is 3.73. The molecule has 1 rings (SSSR count). The zero-order chi connectivity index (χ0) is 10.9. The largest absolute Gasteiger partial charge is 0.396 e. The van der Waals surface area contributed by atoms with Gasteiger partial charge in [0.05, 0.1) is 0 Å². The van der Waals surface area contributed by atoms with E-state index < -0.39 is 0 Å². The summed E-state index contributed by atoms with van der Waals surface area (Å²) in [5.74, 6) is 0.383. The van der Waals surface area contributed by atoms with Crippen LogP contribution in [0, 0.1) is 5.92 Å². The maximum absolute atomic E-state index is 8.99. The maximum atomic E-state index is 8.99. The van der Waals surface area contributed by atoms with Gasteiger partial charge in [-0.25, -0.2) is 0 Å². The molecule has 3 nitrogen and oxygen atoms in total. The van der Waals surface area contributed by atoms with Crippen LogP contribution in [0.5, 0.6) is 0 Å². The summed E-state index contributed by atoms with van der Waals surface area (Å²) in [6.07, 6.45) is 3.79. The van der Waals surface area contributed by atoms with Gasteiger partial charge in [0.15, 0.2) is 0 Å². The van der Waals surface area contributed by atoms with Crippen molar-refractivity contribution in [1.82, 2.24) is 10.3 Å². The van der Waals surface area contributed by atoms with E-state index in [1.165, 1.54) is 0 Å². The van der Waals surface area contributed by atoms with Gasteiger partial charge in [-0.15, -0.1) is 0 Å². The number of pyridine rings is 1. The average Bonchev–Trinajstić information content (AvgIpc) is 2.31. The van der Waals surface area contributed by atoms with Crippen LogP contribution in [0.2, 0.25) is 0 Å². The smallest absolute Gasteiger partial charge is 0.0471 e. The fourth-order valence-electron chi connectivity index (χ4n) is 1.41. The topological polar surface area (TPSA) is 45.1 Å². The van der Waals surface area contributed by atoms with E-state index in [0.29, 0.717) is 5.92 Å². The lowest BCUT2D eigenvalue weighted by Crippen LogP contribution is -2.26. The van der Waals surface area contributed by atoms with Gasteiger partial charge in [-0.05, 0) is 24.5 Å². The van der Waals surface area contributed by atoms with E-state index in [4.69, 9.17) is 5.11 Å². The summed E-state index contributed by atoms with van der Waals surface area (Å²) in [6, 6.07) is 5.96. The Labute approximate surface area is 91.5 Å². The third-order valence-electron chi connectivity index (χ3n) is 2.55. The van der Waals surface area contributed by atoms with Crippen LogP contribution in [0.25, 0.3) is 0 Å². The summed E-state index contributed by atoms with van der Waals surface area (Å²) in [5, 5.41) is 12.3. The van der Waals surface area contributed by atoms with Gasteiger partial charge < -0.3 is 10.4 Å². The van der Waals surface area contributed by atoms with Crippen molar-refractivity contribution < 1.29 is 5.11 Å². The van der Waals surface area contributed by atoms with Crippen LogP contribution in [0.15, 0.2) is 24.4 Å². The van der Waals surface area contributed by atoms with E-state index in [2.05, 4.69) is 17.2 Å². The predicted molar refractivity (Wildman–Crippen MR) is 61.7 cm³/mol. The predicted octanol–water partition coefficient (Wildman–Crippen LogP) is 1.23. The first-order valence-corrected chi connectivity index (χ1v) is 5.58. The molecule has 1 aromatic heterocycles. The van der Waals surface area contributed by atoms with Crippen molar-refractivity contribution in [2.75, 3.05) is 19.7 Å². The van der Waals surface area contributed by atoms with Crippen molar-refractivity contribution >= 4 is 0 Å². The molecule has 1 atom stereocenters. The van der Waals surface area contributed by atoms with Crippen molar-refractivity contribution in [3.63, 3.8) is 0 Å². The number of aliphatic hydroxyl groups excluding tert-OH is 1. The maximum Gasteiger partial charge on any atom is 0.0471 e. The fourth-order valence-corrected chi connectivity index (χ4v) is 1.41. The number of nitrogens with one attached hydrogen (secondary N) is 1.